The van der Waals surface area contributed by atoms with Gasteiger partial charge in [-0.05, 0) is 48.0 Å². The van der Waals surface area contributed by atoms with E-state index in [1.54, 1.807) is 60.7 Å². The zero-order chi connectivity index (χ0) is 19.4. The summed E-state index contributed by atoms with van der Waals surface area (Å²) in [5.41, 5.74) is 1.22. The van der Waals surface area contributed by atoms with Gasteiger partial charge in [-0.2, -0.15) is 0 Å². The summed E-state index contributed by atoms with van der Waals surface area (Å²) in [7, 11) is 0. The van der Waals surface area contributed by atoms with Crippen molar-refractivity contribution in [1.82, 2.24) is 4.90 Å². The minimum atomic E-state index is -0.468. The summed E-state index contributed by atoms with van der Waals surface area (Å²) in [6.07, 6.45) is 3.39. The molecule has 1 saturated heterocycles. The third kappa shape index (κ3) is 4.66. The molecule has 27 heavy (non-hydrogen) atoms. The van der Waals surface area contributed by atoms with Crippen LogP contribution in [0.4, 0.5) is 0 Å². The normalized spacial score (nSPS) is 15.3. The lowest BCUT2D eigenvalue weighted by Crippen LogP contribution is -2.27. The Labute approximate surface area is 171 Å². The lowest BCUT2D eigenvalue weighted by molar-refractivity contribution is -0.121. The average Bonchev–Trinajstić information content (AvgIpc) is 2.91. The van der Waals surface area contributed by atoms with Gasteiger partial charge in [0.2, 0.25) is 0 Å². The number of benzene rings is 2. The van der Waals surface area contributed by atoms with Crippen LogP contribution < -0.4 is 4.74 Å². The molecule has 0 N–H and O–H groups in total. The molecular weight excluding hydrogens is 402 g/mol. The zero-order valence-electron chi connectivity index (χ0n) is 14.1. The highest BCUT2D eigenvalue weighted by Gasteiger charge is 2.30. The lowest BCUT2D eigenvalue weighted by atomic mass is 10.2. The number of thiocarbonyl (C=S) groups is 1. The summed E-state index contributed by atoms with van der Waals surface area (Å²) in [4.78, 5) is 26.5. The van der Waals surface area contributed by atoms with Crippen LogP contribution in [0.25, 0.3) is 6.08 Å². The van der Waals surface area contributed by atoms with Gasteiger partial charge in [0, 0.05) is 11.6 Å². The van der Waals surface area contributed by atoms with E-state index in [-0.39, 0.29) is 5.91 Å². The Morgan fingerprint density at radius 1 is 1.19 bits per heavy atom. The maximum Gasteiger partial charge on any atom is 0.343 e. The van der Waals surface area contributed by atoms with E-state index in [1.807, 2.05) is 0 Å². The minimum absolute atomic E-state index is 0.136. The number of ether oxygens (including phenoxy) is 1. The molecule has 1 amide bonds. The van der Waals surface area contributed by atoms with Crippen molar-refractivity contribution in [2.75, 3.05) is 6.54 Å². The summed E-state index contributed by atoms with van der Waals surface area (Å²) in [6, 6.07) is 13.3. The van der Waals surface area contributed by atoms with Crippen molar-refractivity contribution in [3.63, 3.8) is 0 Å². The van der Waals surface area contributed by atoms with E-state index >= 15 is 0 Å². The fraction of sp³-hybridized carbons (Fsp3) is 0.0500. The monoisotopic (exact) mass is 415 g/mol. The van der Waals surface area contributed by atoms with Gasteiger partial charge in [-0.1, -0.05) is 53.8 Å². The van der Waals surface area contributed by atoms with Crippen LogP contribution in [0, 0.1) is 0 Å². The number of rotatable bonds is 5. The highest BCUT2D eigenvalue weighted by molar-refractivity contribution is 8.26. The number of esters is 1. The van der Waals surface area contributed by atoms with E-state index in [2.05, 4.69) is 6.58 Å². The van der Waals surface area contributed by atoms with Gasteiger partial charge in [0.05, 0.1) is 10.5 Å². The van der Waals surface area contributed by atoms with Crippen molar-refractivity contribution < 1.29 is 14.3 Å². The number of halogens is 1. The Morgan fingerprint density at radius 2 is 1.85 bits per heavy atom. The molecule has 1 heterocycles. The van der Waals surface area contributed by atoms with Gasteiger partial charge in [0.25, 0.3) is 5.91 Å². The quantitative estimate of drug-likeness (QED) is 0.227. The Hall–Kier alpha value is -2.41. The first-order valence-corrected chi connectivity index (χ1v) is 9.52. The summed E-state index contributed by atoms with van der Waals surface area (Å²) in [5, 5.41) is 0.550. The van der Waals surface area contributed by atoms with Crippen molar-refractivity contribution in [3.05, 3.63) is 82.2 Å². The lowest BCUT2D eigenvalue weighted by Gasteiger charge is -2.10. The first-order chi connectivity index (χ1) is 13.0. The molecule has 1 aliphatic rings. The molecule has 1 aliphatic heterocycles. The molecule has 2 aromatic rings. The molecule has 0 bridgehead atoms. The maximum atomic E-state index is 12.3. The maximum absolute atomic E-state index is 12.3. The van der Waals surface area contributed by atoms with Crippen LogP contribution in [0.1, 0.15) is 15.9 Å². The van der Waals surface area contributed by atoms with Gasteiger partial charge in [0.1, 0.15) is 10.1 Å². The molecule has 7 heteroatoms. The topological polar surface area (TPSA) is 46.6 Å². The third-order valence-electron chi connectivity index (χ3n) is 3.65. The Kier molecular flexibility index (Phi) is 6.11. The predicted molar refractivity (Wildman–Crippen MR) is 113 cm³/mol. The van der Waals surface area contributed by atoms with E-state index in [1.165, 1.54) is 16.7 Å². The van der Waals surface area contributed by atoms with Gasteiger partial charge in [-0.3, -0.25) is 9.69 Å². The molecule has 0 atom stereocenters. The molecule has 0 saturated carbocycles. The van der Waals surface area contributed by atoms with Crippen molar-refractivity contribution in [2.45, 2.75) is 0 Å². The molecule has 2 aromatic carbocycles. The van der Waals surface area contributed by atoms with Gasteiger partial charge >= 0.3 is 5.97 Å². The number of thioether (sulfide) groups is 1. The van der Waals surface area contributed by atoms with Crippen LogP contribution in [-0.2, 0) is 4.79 Å². The van der Waals surface area contributed by atoms with Crippen LogP contribution in [0.3, 0.4) is 0 Å². The minimum Gasteiger partial charge on any atom is -0.423 e. The second-order valence-electron chi connectivity index (χ2n) is 5.55. The van der Waals surface area contributed by atoms with E-state index < -0.39 is 5.97 Å². The largest absolute Gasteiger partial charge is 0.423 e. The second-order valence-corrected chi connectivity index (χ2v) is 7.66. The highest BCUT2D eigenvalue weighted by Crippen LogP contribution is 2.32. The highest BCUT2D eigenvalue weighted by atomic mass is 35.5. The fourth-order valence-corrected chi connectivity index (χ4v) is 3.72. The number of carbonyl (C=O) groups is 2. The summed E-state index contributed by atoms with van der Waals surface area (Å²) >= 11 is 12.3. The Balaban J connectivity index is 1.69. The smallest absolute Gasteiger partial charge is 0.343 e. The van der Waals surface area contributed by atoms with Gasteiger partial charge in [-0.15, -0.1) is 6.58 Å². The molecule has 3 rings (SSSR count). The molecule has 0 spiro atoms. The number of nitrogens with zero attached hydrogens (tertiary/aromatic N) is 1. The van der Waals surface area contributed by atoms with Gasteiger partial charge < -0.3 is 4.74 Å². The number of hydrogen-bond donors (Lipinski definition) is 0. The Bertz CT molecular complexity index is 937. The standard InChI is InChI=1S/C20H14ClNO3S2/c1-2-11-22-18(23)17(27-20(22)26)12-13-3-9-16(10-4-13)25-19(24)14-5-7-15(21)8-6-14/h2-10,12H,1,11H2/b17-12+. The number of carbonyl (C=O) groups excluding carboxylic acids is 2. The first-order valence-electron chi connectivity index (χ1n) is 7.92. The van der Waals surface area contributed by atoms with Crippen molar-refractivity contribution in [3.8, 4) is 5.75 Å². The third-order valence-corrected chi connectivity index (χ3v) is 5.28. The summed E-state index contributed by atoms with van der Waals surface area (Å²) in [5.74, 6) is -0.195. The van der Waals surface area contributed by atoms with Crippen molar-refractivity contribution in [2.24, 2.45) is 0 Å². The van der Waals surface area contributed by atoms with E-state index in [9.17, 15) is 9.59 Å². The first kappa shape index (κ1) is 19.4. The molecule has 4 nitrogen and oxygen atoms in total. The summed E-state index contributed by atoms with van der Waals surface area (Å²) < 4.78 is 5.85. The van der Waals surface area contributed by atoms with Crippen LogP contribution in [0.5, 0.6) is 5.75 Å². The van der Waals surface area contributed by atoms with Gasteiger partial charge in [0.15, 0.2) is 0 Å². The van der Waals surface area contributed by atoms with Crippen LogP contribution >= 0.6 is 35.6 Å². The van der Waals surface area contributed by atoms with Gasteiger partial charge in [-0.25, -0.2) is 4.79 Å². The van der Waals surface area contributed by atoms with Crippen LogP contribution in [0.2, 0.25) is 5.02 Å². The van der Waals surface area contributed by atoms with E-state index in [0.717, 1.165) is 5.56 Å². The molecular formula is C20H14ClNO3S2. The predicted octanol–water partition coefficient (Wildman–Crippen LogP) is 4.95. The van der Waals surface area contributed by atoms with Crippen LogP contribution in [0.15, 0.2) is 66.1 Å². The fourth-order valence-electron chi connectivity index (χ4n) is 2.32. The molecule has 0 radical (unpaired) electrons. The number of amides is 1. The van der Waals surface area contributed by atoms with Crippen molar-refractivity contribution >= 4 is 57.9 Å². The molecule has 136 valence electrons. The molecule has 0 aliphatic carbocycles. The average molecular weight is 416 g/mol. The SMILES string of the molecule is C=CCN1C(=O)/C(=C\c2ccc(OC(=O)c3ccc(Cl)cc3)cc2)SC1=S. The van der Waals surface area contributed by atoms with Crippen LogP contribution in [-0.4, -0.2) is 27.6 Å². The molecule has 0 unspecified atom stereocenters. The number of hydrogen-bond acceptors (Lipinski definition) is 5. The molecule has 0 aromatic heterocycles. The van der Waals surface area contributed by atoms with Crippen molar-refractivity contribution in [1.29, 1.82) is 0 Å². The van der Waals surface area contributed by atoms with E-state index in [0.29, 0.717) is 32.1 Å². The molecule has 1 fully saturated rings. The Morgan fingerprint density at radius 3 is 2.48 bits per heavy atom. The zero-order valence-corrected chi connectivity index (χ0v) is 16.4. The summed E-state index contributed by atoms with van der Waals surface area (Å²) in [6.45, 7) is 4.02. The van der Waals surface area contributed by atoms with E-state index in [4.69, 9.17) is 28.6 Å². The second kappa shape index (κ2) is 8.52.